The van der Waals surface area contributed by atoms with Gasteiger partial charge < -0.3 is 19.7 Å². The third-order valence-electron chi connectivity index (χ3n) is 3.31. The average molecular weight is 278 g/mol. The van der Waals surface area contributed by atoms with Crippen LogP contribution in [0.3, 0.4) is 0 Å². The van der Waals surface area contributed by atoms with E-state index in [1.54, 1.807) is 7.11 Å². The summed E-state index contributed by atoms with van der Waals surface area (Å²) in [6.45, 7) is 5.76. The number of carbonyl (C=O) groups excluding carboxylic acids is 1. The van der Waals surface area contributed by atoms with E-state index in [2.05, 4.69) is 5.32 Å². The smallest absolute Gasteiger partial charge is 0.317 e. The Kier molecular flexibility index (Phi) is 4.84. The van der Waals surface area contributed by atoms with Crippen LogP contribution in [0.4, 0.5) is 4.79 Å². The summed E-state index contributed by atoms with van der Waals surface area (Å²) in [7, 11) is 1.64. The lowest BCUT2D eigenvalue weighted by molar-refractivity contribution is -0.0545. The maximum absolute atomic E-state index is 12.1. The second-order valence-electron chi connectivity index (χ2n) is 5.17. The molecule has 5 heteroatoms. The molecule has 2 amide bonds. The van der Waals surface area contributed by atoms with Crippen molar-refractivity contribution in [3.05, 3.63) is 29.8 Å². The minimum absolute atomic E-state index is 0.0391. The summed E-state index contributed by atoms with van der Waals surface area (Å²) in [4.78, 5) is 13.9. The number of carbonyl (C=O) groups is 1. The van der Waals surface area contributed by atoms with E-state index in [1.165, 1.54) is 0 Å². The van der Waals surface area contributed by atoms with E-state index in [1.807, 2.05) is 43.0 Å². The molecule has 20 heavy (non-hydrogen) atoms. The summed E-state index contributed by atoms with van der Waals surface area (Å²) in [6.07, 6.45) is 0.177. The van der Waals surface area contributed by atoms with Crippen LogP contribution in [0.1, 0.15) is 19.4 Å². The van der Waals surface area contributed by atoms with Gasteiger partial charge >= 0.3 is 6.03 Å². The Bertz CT molecular complexity index is 437. The quantitative estimate of drug-likeness (QED) is 0.920. The molecular formula is C15H22N2O3. The molecule has 1 aliphatic rings. The first kappa shape index (κ1) is 14.7. The highest BCUT2D eigenvalue weighted by atomic mass is 16.5. The van der Waals surface area contributed by atoms with Crippen molar-refractivity contribution in [3.63, 3.8) is 0 Å². The van der Waals surface area contributed by atoms with Crippen LogP contribution in [0.2, 0.25) is 0 Å². The number of benzene rings is 1. The van der Waals surface area contributed by atoms with E-state index in [4.69, 9.17) is 9.47 Å². The minimum atomic E-state index is -0.0391. The van der Waals surface area contributed by atoms with Crippen LogP contribution >= 0.6 is 0 Å². The standard InChI is InChI=1S/C15H22N2O3/c1-11-9-17(10-12(2)20-11)15(18)16-8-13-4-6-14(19-3)7-5-13/h4-7,11-12H,8-10H2,1-3H3,(H,16,18). The fourth-order valence-electron chi connectivity index (χ4n) is 2.38. The molecule has 0 radical (unpaired) electrons. The molecule has 0 aliphatic carbocycles. The van der Waals surface area contributed by atoms with Crippen molar-refractivity contribution < 1.29 is 14.3 Å². The number of hydrogen-bond donors (Lipinski definition) is 1. The lowest BCUT2D eigenvalue weighted by Gasteiger charge is -2.35. The Hall–Kier alpha value is -1.75. The lowest BCUT2D eigenvalue weighted by atomic mass is 10.2. The van der Waals surface area contributed by atoms with E-state index in [0.717, 1.165) is 11.3 Å². The minimum Gasteiger partial charge on any atom is -0.497 e. The molecule has 0 saturated carbocycles. The summed E-state index contributed by atoms with van der Waals surface area (Å²) in [5, 5.41) is 2.94. The number of nitrogens with zero attached hydrogens (tertiary/aromatic N) is 1. The summed E-state index contributed by atoms with van der Waals surface area (Å²) in [5.41, 5.74) is 1.05. The van der Waals surface area contributed by atoms with Crippen molar-refractivity contribution in [2.45, 2.75) is 32.6 Å². The predicted molar refractivity (Wildman–Crippen MR) is 76.8 cm³/mol. The number of nitrogens with one attached hydrogen (secondary N) is 1. The van der Waals surface area contributed by atoms with Gasteiger partial charge in [-0.1, -0.05) is 12.1 Å². The van der Waals surface area contributed by atoms with Crippen molar-refractivity contribution in [2.75, 3.05) is 20.2 Å². The molecule has 5 nitrogen and oxygen atoms in total. The number of ether oxygens (including phenoxy) is 2. The van der Waals surface area contributed by atoms with Crippen molar-refractivity contribution in [3.8, 4) is 5.75 Å². The van der Waals surface area contributed by atoms with Gasteiger partial charge in [-0.2, -0.15) is 0 Å². The zero-order chi connectivity index (χ0) is 14.5. The monoisotopic (exact) mass is 278 g/mol. The molecule has 1 heterocycles. The van der Waals surface area contributed by atoms with Gasteiger partial charge in [-0.05, 0) is 31.5 Å². The van der Waals surface area contributed by atoms with E-state index in [-0.39, 0.29) is 18.2 Å². The number of amides is 2. The van der Waals surface area contributed by atoms with E-state index in [0.29, 0.717) is 19.6 Å². The molecule has 0 spiro atoms. The normalized spacial score (nSPS) is 22.4. The Labute approximate surface area is 119 Å². The molecule has 110 valence electrons. The van der Waals surface area contributed by atoms with Crippen LogP contribution in [0.25, 0.3) is 0 Å². The second-order valence-corrected chi connectivity index (χ2v) is 5.17. The highest BCUT2D eigenvalue weighted by molar-refractivity contribution is 5.74. The van der Waals surface area contributed by atoms with Gasteiger partial charge in [-0.3, -0.25) is 0 Å². The molecular weight excluding hydrogens is 256 g/mol. The molecule has 0 aromatic heterocycles. The van der Waals surface area contributed by atoms with Crippen LogP contribution in [-0.4, -0.2) is 43.3 Å². The van der Waals surface area contributed by atoms with Gasteiger partial charge in [0.2, 0.25) is 0 Å². The predicted octanol–water partition coefficient (Wildman–Crippen LogP) is 2.01. The number of morpholine rings is 1. The van der Waals surface area contributed by atoms with Crippen LogP contribution < -0.4 is 10.1 Å². The van der Waals surface area contributed by atoms with E-state index >= 15 is 0 Å². The van der Waals surface area contributed by atoms with E-state index in [9.17, 15) is 4.79 Å². The van der Waals surface area contributed by atoms with Gasteiger partial charge in [-0.25, -0.2) is 4.79 Å². The van der Waals surface area contributed by atoms with Gasteiger partial charge in [0.05, 0.1) is 19.3 Å². The molecule has 1 saturated heterocycles. The molecule has 2 atom stereocenters. The van der Waals surface area contributed by atoms with Crippen LogP contribution in [-0.2, 0) is 11.3 Å². The highest BCUT2D eigenvalue weighted by Gasteiger charge is 2.25. The number of methoxy groups -OCH3 is 1. The zero-order valence-corrected chi connectivity index (χ0v) is 12.3. The molecule has 1 N–H and O–H groups in total. The van der Waals surface area contributed by atoms with Crippen LogP contribution in [0, 0.1) is 0 Å². The highest BCUT2D eigenvalue weighted by Crippen LogP contribution is 2.12. The van der Waals surface area contributed by atoms with Crippen molar-refractivity contribution in [1.82, 2.24) is 10.2 Å². The Morgan fingerprint density at radius 1 is 1.30 bits per heavy atom. The molecule has 1 fully saturated rings. The van der Waals surface area contributed by atoms with Gasteiger partial charge in [0.25, 0.3) is 0 Å². The molecule has 1 aromatic carbocycles. The summed E-state index contributed by atoms with van der Waals surface area (Å²) in [5.74, 6) is 0.816. The lowest BCUT2D eigenvalue weighted by Crippen LogP contribution is -2.51. The van der Waals surface area contributed by atoms with Crippen molar-refractivity contribution in [2.24, 2.45) is 0 Å². The van der Waals surface area contributed by atoms with Crippen LogP contribution in [0.15, 0.2) is 24.3 Å². The topological polar surface area (TPSA) is 50.8 Å². The first-order chi connectivity index (χ1) is 9.58. The third kappa shape index (κ3) is 3.87. The molecule has 2 unspecified atom stereocenters. The first-order valence-corrected chi connectivity index (χ1v) is 6.89. The summed E-state index contributed by atoms with van der Waals surface area (Å²) < 4.78 is 10.7. The largest absolute Gasteiger partial charge is 0.497 e. The molecule has 0 bridgehead atoms. The fourth-order valence-corrected chi connectivity index (χ4v) is 2.38. The number of rotatable bonds is 3. The van der Waals surface area contributed by atoms with Gasteiger partial charge in [0.15, 0.2) is 0 Å². The van der Waals surface area contributed by atoms with Gasteiger partial charge in [-0.15, -0.1) is 0 Å². The maximum atomic E-state index is 12.1. The second kappa shape index (κ2) is 6.61. The Morgan fingerprint density at radius 2 is 1.90 bits per heavy atom. The van der Waals surface area contributed by atoms with E-state index < -0.39 is 0 Å². The SMILES string of the molecule is COc1ccc(CNC(=O)N2CC(C)OC(C)C2)cc1. The molecule has 1 aromatic rings. The van der Waals surface area contributed by atoms with Crippen molar-refractivity contribution >= 4 is 6.03 Å². The average Bonchev–Trinajstić information content (AvgIpc) is 2.44. The van der Waals surface area contributed by atoms with Crippen LogP contribution in [0.5, 0.6) is 5.75 Å². The maximum Gasteiger partial charge on any atom is 0.317 e. The fraction of sp³-hybridized carbons (Fsp3) is 0.533. The third-order valence-corrected chi connectivity index (χ3v) is 3.31. The van der Waals surface area contributed by atoms with Gasteiger partial charge in [0, 0.05) is 19.6 Å². The first-order valence-electron chi connectivity index (χ1n) is 6.89. The molecule has 1 aliphatic heterocycles. The Balaban J connectivity index is 1.84. The van der Waals surface area contributed by atoms with Gasteiger partial charge in [0.1, 0.15) is 5.75 Å². The van der Waals surface area contributed by atoms with Crippen molar-refractivity contribution in [1.29, 1.82) is 0 Å². The summed E-state index contributed by atoms with van der Waals surface area (Å²) in [6, 6.07) is 7.64. The summed E-state index contributed by atoms with van der Waals surface area (Å²) >= 11 is 0. The Morgan fingerprint density at radius 3 is 2.45 bits per heavy atom. The number of hydrogen-bond acceptors (Lipinski definition) is 3. The molecule has 2 rings (SSSR count). The number of urea groups is 1. The zero-order valence-electron chi connectivity index (χ0n) is 12.3.